The lowest BCUT2D eigenvalue weighted by atomic mass is 10.2. The van der Waals surface area contributed by atoms with E-state index in [4.69, 9.17) is 23.2 Å². The maximum absolute atomic E-state index is 6.07. The standard InChI is InChI=1S/C15H16Cl2N4S/c1-20(2)8-5-9-21-10-6-3-4-7-11(10)22-15-14(21)18-12(16)13(17)19-15/h3-4,6-7H,5,8-9H2,1-2H3. The van der Waals surface area contributed by atoms with Crippen LogP contribution in [-0.4, -0.2) is 42.1 Å². The van der Waals surface area contributed by atoms with E-state index < -0.39 is 0 Å². The highest BCUT2D eigenvalue weighted by atomic mass is 35.5. The molecule has 0 aliphatic carbocycles. The number of halogens is 2. The summed E-state index contributed by atoms with van der Waals surface area (Å²) < 4.78 is 0. The van der Waals surface area contributed by atoms with Crippen LogP contribution in [0.1, 0.15) is 6.42 Å². The Morgan fingerprint density at radius 1 is 1.14 bits per heavy atom. The summed E-state index contributed by atoms with van der Waals surface area (Å²) in [6, 6.07) is 8.26. The Morgan fingerprint density at radius 3 is 2.64 bits per heavy atom. The molecule has 4 nitrogen and oxygen atoms in total. The van der Waals surface area contributed by atoms with Gasteiger partial charge in [-0.3, -0.25) is 0 Å². The van der Waals surface area contributed by atoms with Gasteiger partial charge in [0.2, 0.25) is 0 Å². The molecule has 0 amide bonds. The van der Waals surface area contributed by atoms with E-state index in [0.717, 1.165) is 40.9 Å². The first kappa shape index (κ1) is 15.9. The zero-order valence-corrected chi connectivity index (χ0v) is 14.7. The second kappa shape index (κ2) is 6.62. The second-order valence-electron chi connectivity index (χ2n) is 5.31. The van der Waals surface area contributed by atoms with Gasteiger partial charge in [0.25, 0.3) is 0 Å². The Bertz CT molecular complexity index is 693. The minimum absolute atomic E-state index is 0.248. The first-order valence-electron chi connectivity index (χ1n) is 6.98. The molecule has 1 aliphatic heterocycles. The summed E-state index contributed by atoms with van der Waals surface area (Å²) in [6.07, 6.45) is 1.02. The third kappa shape index (κ3) is 3.18. The summed E-state index contributed by atoms with van der Waals surface area (Å²) >= 11 is 13.7. The Morgan fingerprint density at radius 2 is 1.86 bits per heavy atom. The molecule has 3 rings (SSSR count). The van der Waals surface area contributed by atoms with Crippen LogP contribution in [0.5, 0.6) is 0 Å². The quantitative estimate of drug-likeness (QED) is 0.815. The first-order chi connectivity index (χ1) is 10.6. The molecule has 0 spiro atoms. The third-order valence-electron chi connectivity index (χ3n) is 3.37. The van der Waals surface area contributed by atoms with Crippen molar-refractivity contribution in [1.29, 1.82) is 0 Å². The third-order valence-corrected chi connectivity index (χ3v) is 5.03. The van der Waals surface area contributed by atoms with E-state index in [-0.39, 0.29) is 10.3 Å². The zero-order chi connectivity index (χ0) is 15.7. The molecule has 2 aromatic rings. The fraction of sp³-hybridized carbons (Fsp3) is 0.333. The van der Waals surface area contributed by atoms with Gasteiger partial charge in [-0.05, 0) is 39.2 Å². The van der Waals surface area contributed by atoms with Gasteiger partial charge in [0.1, 0.15) is 5.03 Å². The lowest BCUT2D eigenvalue weighted by molar-refractivity contribution is 0.402. The van der Waals surface area contributed by atoms with Crippen LogP contribution in [0.3, 0.4) is 0 Å². The topological polar surface area (TPSA) is 32.3 Å². The fourth-order valence-electron chi connectivity index (χ4n) is 2.37. The predicted molar refractivity (Wildman–Crippen MR) is 92.8 cm³/mol. The van der Waals surface area contributed by atoms with Crippen molar-refractivity contribution in [3.8, 4) is 0 Å². The van der Waals surface area contributed by atoms with Gasteiger partial charge >= 0.3 is 0 Å². The first-order valence-corrected chi connectivity index (χ1v) is 8.55. The van der Waals surface area contributed by atoms with Crippen LogP contribution in [0.25, 0.3) is 0 Å². The van der Waals surface area contributed by atoms with Gasteiger partial charge in [0.05, 0.1) is 5.69 Å². The summed E-state index contributed by atoms with van der Waals surface area (Å²) in [5.41, 5.74) is 1.14. The molecule has 0 unspecified atom stereocenters. The molecule has 0 radical (unpaired) electrons. The number of rotatable bonds is 4. The molecule has 1 aliphatic rings. The molecule has 0 saturated heterocycles. The lowest BCUT2D eigenvalue weighted by Crippen LogP contribution is -2.26. The number of hydrogen-bond donors (Lipinski definition) is 0. The Balaban J connectivity index is 1.98. The highest BCUT2D eigenvalue weighted by Crippen LogP contribution is 2.47. The fourth-order valence-corrected chi connectivity index (χ4v) is 3.69. The van der Waals surface area contributed by atoms with Crippen molar-refractivity contribution < 1.29 is 0 Å². The molecule has 22 heavy (non-hydrogen) atoms. The van der Waals surface area contributed by atoms with Gasteiger partial charge in [-0.15, -0.1) is 0 Å². The molecule has 7 heteroatoms. The number of para-hydroxylation sites is 1. The van der Waals surface area contributed by atoms with Gasteiger partial charge in [-0.25, -0.2) is 9.97 Å². The molecule has 0 bridgehead atoms. The van der Waals surface area contributed by atoms with Crippen LogP contribution in [-0.2, 0) is 0 Å². The van der Waals surface area contributed by atoms with Crippen LogP contribution in [0.4, 0.5) is 11.5 Å². The van der Waals surface area contributed by atoms with Crippen molar-refractivity contribution in [3.05, 3.63) is 34.6 Å². The average Bonchev–Trinajstić information content (AvgIpc) is 2.48. The molecule has 0 saturated carbocycles. The minimum Gasteiger partial charge on any atom is -0.323 e. The molecule has 0 N–H and O–H groups in total. The van der Waals surface area contributed by atoms with Gasteiger partial charge in [0.15, 0.2) is 16.1 Å². The van der Waals surface area contributed by atoms with Gasteiger partial charge in [-0.2, -0.15) is 0 Å². The number of benzene rings is 1. The van der Waals surface area contributed by atoms with Crippen LogP contribution >= 0.6 is 35.0 Å². The summed E-state index contributed by atoms with van der Waals surface area (Å²) in [7, 11) is 4.15. The molecular formula is C15H16Cl2N4S. The van der Waals surface area contributed by atoms with Crippen molar-refractivity contribution in [2.75, 3.05) is 32.1 Å². The number of aromatic nitrogens is 2. The molecule has 1 aromatic carbocycles. The van der Waals surface area contributed by atoms with E-state index in [0.29, 0.717) is 0 Å². The van der Waals surface area contributed by atoms with E-state index in [1.54, 1.807) is 11.8 Å². The van der Waals surface area contributed by atoms with Crippen molar-refractivity contribution in [3.63, 3.8) is 0 Å². The van der Waals surface area contributed by atoms with Gasteiger partial charge in [0, 0.05) is 11.4 Å². The van der Waals surface area contributed by atoms with Crippen LogP contribution in [0.15, 0.2) is 34.2 Å². The highest BCUT2D eigenvalue weighted by molar-refractivity contribution is 7.99. The SMILES string of the molecule is CN(C)CCCN1c2ccccc2Sc2nc(Cl)c(Cl)nc21. The molecule has 2 heterocycles. The lowest BCUT2D eigenvalue weighted by Gasteiger charge is -2.31. The average molecular weight is 355 g/mol. The highest BCUT2D eigenvalue weighted by Gasteiger charge is 2.26. The maximum atomic E-state index is 6.07. The smallest absolute Gasteiger partial charge is 0.168 e. The number of anilines is 2. The normalized spacial score (nSPS) is 13.2. The Hall–Kier alpha value is -1.01. The predicted octanol–water partition coefficient (Wildman–Crippen LogP) is 4.34. The van der Waals surface area contributed by atoms with E-state index >= 15 is 0 Å². The minimum atomic E-state index is 0.248. The molecule has 0 fully saturated rings. The van der Waals surface area contributed by atoms with E-state index in [1.807, 2.05) is 12.1 Å². The largest absolute Gasteiger partial charge is 0.323 e. The van der Waals surface area contributed by atoms with Crippen LogP contribution < -0.4 is 4.90 Å². The summed E-state index contributed by atoms with van der Waals surface area (Å²) in [5.74, 6) is 0.789. The maximum Gasteiger partial charge on any atom is 0.168 e. The van der Waals surface area contributed by atoms with E-state index in [9.17, 15) is 0 Å². The number of hydrogen-bond acceptors (Lipinski definition) is 5. The van der Waals surface area contributed by atoms with E-state index in [1.165, 1.54) is 0 Å². The molecular weight excluding hydrogens is 339 g/mol. The molecule has 1 aromatic heterocycles. The number of fused-ring (bicyclic) bond motifs is 2. The monoisotopic (exact) mass is 354 g/mol. The van der Waals surface area contributed by atoms with Gasteiger partial charge in [-0.1, -0.05) is 47.1 Å². The van der Waals surface area contributed by atoms with Crippen LogP contribution in [0, 0.1) is 0 Å². The molecule has 0 atom stereocenters. The molecule has 116 valence electrons. The van der Waals surface area contributed by atoms with Crippen molar-refractivity contribution >= 4 is 46.5 Å². The number of nitrogens with zero attached hydrogens (tertiary/aromatic N) is 4. The van der Waals surface area contributed by atoms with Crippen molar-refractivity contribution in [2.24, 2.45) is 0 Å². The van der Waals surface area contributed by atoms with Crippen LogP contribution in [0.2, 0.25) is 10.3 Å². The van der Waals surface area contributed by atoms with Crippen molar-refractivity contribution in [2.45, 2.75) is 16.3 Å². The van der Waals surface area contributed by atoms with Crippen molar-refractivity contribution in [1.82, 2.24) is 14.9 Å². The summed E-state index contributed by atoms with van der Waals surface area (Å²) in [4.78, 5) is 14.4. The van der Waals surface area contributed by atoms with E-state index in [2.05, 4.69) is 46.0 Å². The Kier molecular flexibility index (Phi) is 4.78. The summed E-state index contributed by atoms with van der Waals surface area (Å²) in [5, 5.41) is 1.30. The summed E-state index contributed by atoms with van der Waals surface area (Å²) in [6.45, 7) is 1.87. The Labute approximate surface area is 144 Å². The van der Waals surface area contributed by atoms with Gasteiger partial charge < -0.3 is 9.80 Å². The second-order valence-corrected chi connectivity index (χ2v) is 7.06. The zero-order valence-electron chi connectivity index (χ0n) is 12.4.